The van der Waals surface area contributed by atoms with Crippen molar-refractivity contribution in [2.45, 2.75) is 44.7 Å². The van der Waals surface area contributed by atoms with Crippen LogP contribution in [0.1, 0.15) is 52.7 Å². The molecule has 1 unspecified atom stereocenters. The van der Waals surface area contributed by atoms with E-state index in [9.17, 15) is 19.8 Å². The van der Waals surface area contributed by atoms with E-state index in [1.807, 2.05) is 30.3 Å². The Kier molecular flexibility index (Phi) is 6.06. The first-order valence-electron chi connectivity index (χ1n) is 11.6. The fourth-order valence-electron chi connectivity index (χ4n) is 5.05. The summed E-state index contributed by atoms with van der Waals surface area (Å²) in [6, 6.07) is 13.5. The first-order chi connectivity index (χ1) is 16.9. The molecule has 2 aliphatic rings. The number of aryl methyl sites for hydroxylation is 1. The van der Waals surface area contributed by atoms with Crippen LogP contribution in [0.15, 0.2) is 59.9 Å². The molecule has 5 rings (SSSR count). The van der Waals surface area contributed by atoms with E-state index < -0.39 is 23.5 Å². The Morgan fingerprint density at radius 3 is 2.49 bits per heavy atom. The van der Waals surface area contributed by atoms with E-state index in [1.165, 1.54) is 24.5 Å². The number of nitrogens with zero attached hydrogens (tertiary/aromatic N) is 2. The van der Waals surface area contributed by atoms with Crippen molar-refractivity contribution < 1.29 is 24.5 Å². The molecule has 180 valence electrons. The number of thiazole rings is 1. The zero-order valence-corrected chi connectivity index (χ0v) is 20.3. The van der Waals surface area contributed by atoms with Gasteiger partial charge in [-0.15, -0.1) is 11.3 Å². The van der Waals surface area contributed by atoms with Gasteiger partial charge in [0.15, 0.2) is 17.3 Å². The molecule has 2 heterocycles. The van der Waals surface area contributed by atoms with Crippen LogP contribution in [0, 0.1) is 6.92 Å². The molecule has 0 radical (unpaired) electrons. The molecule has 2 aromatic carbocycles. The van der Waals surface area contributed by atoms with Gasteiger partial charge in [-0.1, -0.05) is 49.2 Å². The number of carbonyl (C=O) groups excluding carboxylic acids is 2. The zero-order valence-electron chi connectivity index (χ0n) is 19.5. The van der Waals surface area contributed by atoms with Crippen molar-refractivity contribution in [2.24, 2.45) is 0 Å². The highest BCUT2D eigenvalue weighted by Crippen LogP contribution is 2.45. The van der Waals surface area contributed by atoms with Gasteiger partial charge in [-0.2, -0.15) is 0 Å². The van der Waals surface area contributed by atoms with Crippen molar-refractivity contribution in [1.82, 2.24) is 9.88 Å². The monoisotopic (exact) mass is 490 g/mol. The summed E-state index contributed by atoms with van der Waals surface area (Å²) < 4.78 is 5.17. The van der Waals surface area contributed by atoms with Crippen molar-refractivity contribution in [3.8, 4) is 22.1 Å². The van der Waals surface area contributed by atoms with E-state index >= 15 is 0 Å². The minimum Gasteiger partial charge on any atom is -0.504 e. The second-order valence-corrected chi connectivity index (χ2v) is 9.87. The fraction of sp³-hybridized carbons (Fsp3) is 0.296. The van der Waals surface area contributed by atoms with Crippen LogP contribution in [0.3, 0.4) is 0 Å². The number of ether oxygens (including phenoxy) is 1. The third-order valence-electron chi connectivity index (χ3n) is 6.75. The van der Waals surface area contributed by atoms with Crippen molar-refractivity contribution in [2.75, 3.05) is 7.11 Å². The average Bonchev–Trinajstić information content (AvgIpc) is 3.58. The number of phenols is 1. The number of amides is 1. The number of ketones is 1. The van der Waals surface area contributed by atoms with Crippen LogP contribution in [0.25, 0.3) is 10.6 Å². The first-order valence-corrected chi connectivity index (χ1v) is 12.4. The summed E-state index contributed by atoms with van der Waals surface area (Å²) in [6.07, 6.45) is 3.56. The number of hydrogen-bond acceptors (Lipinski definition) is 7. The van der Waals surface area contributed by atoms with Gasteiger partial charge in [-0.05, 0) is 37.5 Å². The standard InChI is InChI=1S/C27H26N2O5S/c1-15-25(35-26(28-15)16-8-4-3-5-9-16)23(31)21-22(17-12-13-20(34-2)19(30)14-17)29(27(33)24(21)32)18-10-6-7-11-18/h3-5,8-9,12-14,18,22,30,32H,6-7,10-11H2,1-2H3. The number of phenolic OH excluding ortho intramolecular Hbond substituents is 1. The van der Waals surface area contributed by atoms with E-state index in [1.54, 1.807) is 24.0 Å². The molecule has 8 heteroatoms. The van der Waals surface area contributed by atoms with Crippen LogP contribution < -0.4 is 4.74 Å². The molecular formula is C27H26N2O5S. The van der Waals surface area contributed by atoms with Gasteiger partial charge in [-0.3, -0.25) is 9.59 Å². The van der Waals surface area contributed by atoms with Crippen LogP contribution in [0.5, 0.6) is 11.5 Å². The molecule has 3 aromatic rings. The largest absolute Gasteiger partial charge is 0.504 e. The lowest BCUT2D eigenvalue weighted by Crippen LogP contribution is -2.38. The highest BCUT2D eigenvalue weighted by atomic mass is 32.1. The second kappa shape index (κ2) is 9.19. The Labute approximate surface area is 207 Å². The maximum absolute atomic E-state index is 13.9. The van der Waals surface area contributed by atoms with Gasteiger partial charge < -0.3 is 19.8 Å². The Hall–Kier alpha value is -3.65. The van der Waals surface area contributed by atoms with E-state index in [2.05, 4.69) is 4.98 Å². The van der Waals surface area contributed by atoms with E-state index in [0.717, 1.165) is 31.2 Å². The van der Waals surface area contributed by atoms with Crippen molar-refractivity contribution in [3.63, 3.8) is 0 Å². The third-order valence-corrected chi connectivity index (χ3v) is 7.95. The van der Waals surface area contributed by atoms with Gasteiger partial charge in [0, 0.05) is 11.6 Å². The summed E-state index contributed by atoms with van der Waals surface area (Å²) in [5.41, 5.74) is 2.01. The van der Waals surface area contributed by atoms with E-state index in [4.69, 9.17) is 4.74 Å². The number of rotatable bonds is 6. The Morgan fingerprint density at radius 2 is 1.83 bits per heavy atom. The second-order valence-electron chi connectivity index (χ2n) is 8.88. The zero-order chi connectivity index (χ0) is 24.7. The van der Waals surface area contributed by atoms with Crippen LogP contribution in [0.2, 0.25) is 0 Å². The lowest BCUT2D eigenvalue weighted by Gasteiger charge is -2.32. The summed E-state index contributed by atoms with van der Waals surface area (Å²) in [5.74, 6) is -1.31. The summed E-state index contributed by atoms with van der Waals surface area (Å²) in [7, 11) is 1.45. The predicted molar refractivity (Wildman–Crippen MR) is 133 cm³/mol. The third kappa shape index (κ3) is 3.97. The van der Waals surface area contributed by atoms with Crippen LogP contribution in [0.4, 0.5) is 0 Å². The van der Waals surface area contributed by atoms with Gasteiger partial charge >= 0.3 is 0 Å². The van der Waals surface area contributed by atoms with E-state index in [0.29, 0.717) is 21.1 Å². The first kappa shape index (κ1) is 23.1. The molecule has 1 aliphatic heterocycles. The summed E-state index contributed by atoms with van der Waals surface area (Å²) >= 11 is 1.25. The predicted octanol–water partition coefficient (Wildman–Crippen LogP) is 5.35. The highest BCUT2D eigenvalue weighted by Gasteiger charge is 2.47. The number of carbonyl (C=O) groups is 2. The number of hydrogen-bond donors (Lipinski definition) is 2. The minimum absolute atomic E-state index is 0.0258. The summed E-state index contributed by atoms with van der Waals surface area (Å²) in [6.45, 7) is 1.76. The smallest absolute Gasteiger partial charge is 0.290 e. The van der Waals surface area contributed by atoms with Crippen LogP contribution >= 0.6 is 11.3 Å². The van der Waals surface area contributed by atoms with Crippen LogP contribution in [-0.2, 0) is 4.79 Å². The van der Waals surface area contributed by atoms with E-state index in [-0.39, 0.29) is 23.1 Å². The molecule has 7 nitrogen and oxygen atoms in total. The normalized spacial score (nSPS) is 18.5. The average molecular weight is 491 g/mol. The molecule has 1 aliphatic carbocycles. The molecule has 1 aromatic heterocycles. The molecule has 1 saturated carbocycles. The van der Waals surface area contributed by atoms with Crippen molar-refractivity contribution in [3.05, 3.63) is 76.0 Å². The highest BCUT2D eigenvalue weighted by molar-refractivity contribution is 7.17. The Balaban J connectivity index is 1.60. The van der Waals surface area contributed by atoms with Gasteiger partial charge in [0.25, 0.3) is 5.91 Å². The SMILES string of the molecule is COc1ccc(C2C(C(=O)c3sc(-c4ccccc4)nc3C)=C(O)C(=O)N2C2CCCC2)cc1O. The molecular weight excluding hydrogens is 464 g/mol. The molecule has 0 spiro atoms. The van der Waals surface area contributed by atoms with Gasteiger partial charge in [0.2, 0.25) is 5.78 Å². The molecule has 1 amide bonds. The molecule has 0 saturated heterocycles. The lowest BCUT2D eigenvalue weighted by molar-refractivity contribution is -0.131. The molecule has 0 bridgehead atoms. The number of aromatic hydroxyl groups is 1. The molecule has 35 heavy (non-hydrogen) atoms. The topological polar surface area (TPSA) is 100.0 Å². The number of Topliss-reactive ketones (excluding diaryl/α,β-unsaturated/α-hetero) is 1. The van der Waals surface area contributed by atoms with Crippen molar-refractivity contribution >= 4 is 23.0 Å². The molecule has 2 N–H and O–H groups in total. The maximum atomic E-state index is 13.9. The fourth-order valence-corrected chi connectivity index (χ4v) is 6.08. The van der Waals surface area contributed by atoms with Gasteiger partial charge in [0.1, 0.15) is 5.01 Å². The minimum atomic E-state index is -0.809. The Morgan fingerprint density at radius 1 is 1.11 bits per heavy atom. The van der Waals surface area contributed by atoms with Gasteiger partial charge in [-0.25, -0.2) is 4.98 Å². The lowest BCUT2D eigenvalue weighted by atomic mass is 9.94. The quantitative estimate of drug-likeness (QED) is 0.452. The van der Waals surface area contributed by atoms with Crippen molar-refractivity contribution in [1.29, 1.82) is 0 Å². The van der Waals surface area contributed by atoms with Gasteiger partial charge in [0.05, 0.1) is 29.3 Å². The maximum Gasteiger partial charge on any atom is 0.290 e. The molecule has 1 atom stereocenters. The number of benzene rings is 2. The molecule has 1 fully saturated rings. The number of methoxy groups -OCH3 is 1. The number of aliphatic hydroxyl groups excluding tert-OH is 1. The van der Waals surface area contributed by atoms with Crippen LogP contribution in [-0.4, -0.2) is 44.9 Å². The Bertz CT molecular complexity index is 1320. The summed E-state index contributed by atoms with van der Waals surface area (Å²) in [5, 5.41) is 22.1. The number of aliphatic hydroxyl groups is 1. The number of aromatic nitrogens is 1. The summed E-state index contributed by atoms with van der Waals surface area (Å²) in [4.78, 5) is 33.8.